The monoisotopic (exact) mass is 225 g/mol. The van der Waals surface area contributed by atoms with Crippen molar-refractivity contribution in [3.8, 4) is 0 Å². The van der Waals surface area contributed by atoms with E-state index in [9.17, 15) is 0 Å². The molecule has 0 aliphatic carbocycles. The first-order chi connectivity index (χ1) is 7.18. The molecule has 16 heavy (non-hydrogen) atoms. The summed E-state index contributed by atoms with van der Waals surface area (Å²) >= 11 is 0. The molecule has 0 aliphatic heterocycles. The third-order valence-corrected chi connectivity index (χ3v) is 3.07. The van der Waals surface area contributed by atoms with Gasteiger partial charge in [-0.1, -0.05) is 53.2 Å². The number of hydrogen-bond acceptors (Lipinski definition) is 1. The van der Waals surface area contributed by atoms with Crippen molar-refractivity contribution in [2.45, 2.75) is 72.8 Å². The molecule has 96 valence electrons. The fourth-order valence-electron chi connectivity index (χ4n) is 1.83. The molecule has 0 aromatic carbocycles. The summed E-state index contributed by atoms with van der Waals surface area (Å²) in [6.45, 7) is 13.4. The van der Waals surface area contributed by atoms with Gasteiger partial charge in [0.05, 0.1) is 0 Å². The van der Waals surface area contributed by atoms with Gasteiger partial charge in [0, 0.05) is 5.54 Å². The van der Waals surface area contributed by atoms with Crippen LogP contribution in [0.25, 0.3) is 0 Å². The molecule has 0 aliphatic rings. The lowest BCUT2D eigenvalue weighted by Crippen LogP contribution is -2.34. The van der Waals surface area contributed by atoms with E-state index in [0.29, 0.717) is 0 Å². The minimum atomic E-state index is -0.144. The van der Waals surface area contributed by atoms with Gasteiger partial charge >= 0.3 is 0 Å². The third kappa shape index (κ3) is 7.92. The topological polar surface area (TPSA) is 26.0 Å². The quantitative estimate of drug-likeness (QED) is 0.633. The van der Waals surface area contributed by atoms with E-state index in [-0.39, 0.29) is 11.0 Å². The second kappa shape index (κ2) is 6.44. The van der Waals surface area contributed by atoms with Gasteiger partial charge in [0.25, 0.3) is 0 Å². The van der Waals surface area contributed by atoms with Crippen molar-refractivity contribution in [2.75, 3.05) is 0 Å². The van der Waals surface area contributed by atoms with Crippen LogP contribution in [0.2, 0.25) is 0 Å². The normalized spacial score (nSPS) is 17.0. The Hall–Kier alpha value is -0.300. The lowest BCUT2D eigenvalue weighted by atomic mass is 9.84. The van der Waals surface area contributed by atoms with Crippen LogP contribution in [0.5, 0.6) is 0 Å². The van der Waals surface area contributed by atoms with Gasteiger partial charge in [-0.05, 0) is 37.5 Å². The Bertz CT molecular complexity index is 211. The second-order valence-electron chi connectivity index (χ2n) is 6.51. The summed E-state index contributed by atoms with van der Waals surface area (Å²) < 4.78 is 0. The Kier molecular flexibility index (Phi) is 6.32. The Morgan fingerprint density at radius 2 is 1.62 bits per heavy atom. The molecule has 0 bridgehead atoms. The molecule has 2 N–H and O–H groups in total. The van der Waals surface area contributed by atoms with Crippen LogP contribution in [0, 0.1) is 11.3 Å². The SMILES string of the molecule is CCCC(C)(C)/C=C\C(C)(N)CCC(C)C. The van der Waals surface area contributed by atoms with Gasteiger partial charge in [0.1, 0.15) is 0 Å². The maximum atomic E-state index is 6.28. The van der Waals surface area contributed by atoms with Gasteiger partial charge < -0.3 is 5.73 Å². The van der Waals surface area contributed by atoms with E-state index < -0.39 is 0 Å². The van der Waals surface area contributed by atoms with Crippen LogP contribution in [-0.2, 0) is 0 Å². The molecule has 0 spiro atoms. The molecule has 0 saturated heterocycles. The summed E-state index contributed by atoms with van der Waals surface area (Å²) in [6.07, 6.45) is 9.24. The van der Waals surface area contributed by atoms with Crippen LogP contribution in [0.15, 0.2) is 12.2 Å². The lowest BCUT2D eigenvalue weighted by Gasteiger charge is -2.25. The Labute approximate surface area is 102 Å². The molecular formula is C15H31N. The zero-order valence-electron chi connectivity index (χ0n) is 12.1. The van der Waals surface area contributed by atoms with E-state index in [1.54, 1.807) is 0 Å². The zero-order chi connectivity index (χ0) is 12.8. The number of hydrogen-bond donors (Lipinski definition) is 1. The van der Waals surface area contributed by atoms with Crippen LogP contribution in [0.4, 0.5) is 0 Å². The Morgan fingerprint density at radius 1 is 1.06 bits per heavy atom. The summed E-state index contributed by atoms with van der Waals surface area (Å²) in [5, 5.41) is 0. The summed E-state index contributed by atoms with van der Waals surface area (Å²) in [5.41, 5.74) is 6.42. The highest BCUT2D eigenvalue weighted by Crippen LogP contribution is 2.26. The number of allylic oxidation sites excluding steroid dienone is 1. The first-order valence-corrected chi connectivity index (χ1v) is 6.68. The van der Waals surface area contributed by atoms with Gasteiger partial charge in [0.2, 0.25) is 0 Å². The predicted octanol–water partition coefficient (Wildman–Crippen LogP) is 4.52. The van der Waals surface area contributed by atoms with Crippen LogP contribution in [-0.4, -0.2) is 5.54 Å². The molecule has 0 fully saturated rings. The Morgan fingerprint density at radius 3 is 2.06 bits per heavy atom. The average molecular weight is 225 g/mol. The summed E-state index contributed by atoms with van der Waals surface area (Å²) in [7, 11) is 0. The molecule has 0 aromatic rings. The minimum Gasteiger partial charge on any atom is -0.322 e. The summed E-state index contributed by atoms with van der Waals surface area (Å²) in [5.74, 6) is 0.736. The van der Waals surface area contributed by atoms with E-state index >= 15 is 0 Å². The van der Waals surface area contributed by atoms with E-state index in [1.807, 2.05) is 0 Å². The highest BCUT2D eigenvalue weighted by atomic mass is 14.7. The predicted molar refractivity (Wildman–Crippen MR) is 74.5 cm³/mol. The molecule has 1 nitrogen and oxygen atoms in total. The fraction of sp³-hybridized carbons (Fsp3) is 0.867. The maximum Gasteiger partial charge on any atom is 0.0310 e. The number of nitrogens with two attached hydrogens (primary N) is 1. The maximum absolute atomic E-state index is 6.28. The van der Waals surface area contributed by atoms with Crippen molar-refractivity contribution >= 4 is 0 Å². The lowest BCUT2D eigenvalue weighted by molar-refractivity contribution is 0.414. The number of rotatable bonds is 7. The average Bonchev–Trinajstić information content (AvgIpc) is 2.13. The van der Waals surface area contributed by atoms with Gasteiger partial charge in [0.15, 0.2) is 0 Å². The molecule has 1 heteroatoms. The molecule has 1 unspecified atom stereocenters. The molecule has 0 rings (SSSR count). The van der Waals surface area contributed by atoms with E-state index in [4.69, 9.17) is 5.73 Å². The minimum absolute atomic E-state index is 0.144. The molecule has 0 heterocycles. The van der Waals surface area contributed by atoms with Crippen molar-refractivity contribution in [1.82, 2.24) is 0 Å². The molecule has 0 saturated carbocycles. The van der Waals surface area contributed by atoms with E-state index in [0.717, 1.165) is 12.3 Å². The van der Waals surface area contributed by atoms with Crippen LogP contribution < -0.4 is 5.73 Å². The van der Waals surface area contributed by atoms with Crippen molar-refractivity contribution < 1.29 is 0 Å². The van der Waals surface area contributed by atoms with Crippen LogP contribution in [0.3, 0.4) is 0 Å². The Balaban J connectivity index is 4.27. The zero-order valence-corrected chi connectivity index (χ0v) is 12.1. The summed E-state index contributed by atoms with van der Waals surface area (Å²) in [6, 6.07) is 0. The molecule has 0 radical (unpaired) electrons. The van der Waals surface area contributed by atoms with E-state index in [1.165, 1.54) is 19.3 Å². The van der Waals surface area contributed by atoms with Crippen molar-refractivity contribution in [2.24, 2.45) is 17.1 Å². The van der Waals surface area contributed by atoms with E-state index in [2.05, 4.69) is 53.7 Å². The van der Waals surface area contributed by atoms with Crippen molar-refractivity contribution in [3.05, 3.63) is 12.2 Å². The molecule has 0 aromatic heterocycles. The summed E-state index contributed by atoms with van der Waals surface area (Å²) in [4.78, 5) is 0. The van der Waals surface area contributed by atoms with Crippen LogP contribution >= 0.6 is 0 Å². The van der Waals surface area contributed by atoms with Gasteiger partial charge in [-0.25, -0.2) is 0 Å². The van der Waals surface area contributed by atoms with Crippen LogP contribution in [0.1, 0.15) is 67.2 Å². The smallest absolute Gasteiger partial charge is 0.0310 e. The first-order valence-electron chi connectivity index (χ1n) is 6.68. The third-order valence-electron chi connectivity index (χ3n) is 3.07. The highest BCUT2D eigenvalue weighted by molar-refractivity contribution is 5.06. The largest absolute Gasteiger partial charge is 0.322 e. The standard InChI is InChI=1S/C15H31N/c1-7-9-14(4,5)11-12-15(6,16)10-8-13(2)3/h11-13H,7-10,16H2,1-6H3/b12-11-. The highest BCUT2D eigenvalue weighted by Gasteiger charge is 2.18. The fourth-order valence-corrected chi connectivity index (χ4v) is 1.83. The van der Waals surface area contributed by atoms with Gasteiger partial charge in [-0.2, -0.15) is 0 Å². The first kappa shape index (κ1) is 15.7. The second-order valence-corrected chi connectivity index (χ2v) is 6.51. The molecule has 1 atom stereocenters. The van der Waals surface area contributed by atoms with Gasteiger partial charge in [-0.3, -0.25) is 0 Å². The van der Waals surface area contributed by atoms with Crippen molar-refractivity contribution in [3.63, 3.8) is 0 Å². The van der Waals surface area contributed by atoms with Gasteiger partial charge in [-0.15, -0.1) is 0 Å². The van der Waals surface area contributed by atoms with Crippen molar-refractivity contribution in [1.29, 1.82) is 0 Å². The molecular weight excluding hydrogens is 194 g/mol. The molecule has 0 amide bonds.